The van der Waals surface area contributed by atoms with E-state index >= 15 is 0 Å². The van der Waals surface area contributed by atoms with E-state index in [4.69, 9.17) is 10.00 Å². The summed E-state index contributed by atoms with van der Waals surface area (Å²) in [5.74, 6) is 0.581. The summed E-state index contributed by atoms with van der Waals surface area (Å²) in [6.45, 7) is 4.02. The molecule has 30 heavy (non-hydrogen) atoms. The lowest BCUT2D eigenvalue weighted by atomic mass is 9.87. The topological polar surface area (TPSA) is 87.4 Å². The molecule has 2 rings (SSSR count). The van der Waals surface area contributed by atoms with Crippen LogP contribution in [0.25, 0.3) is 0 Å². The highest BCUT2D eigenvalue weighted by atomic mass is 32.2. The molecular weight excluding hydrogens is 398 g/mol. The van der Waals surface area contributed by atoms with Gasteiger partial charge in [0.05, 0.1) is 12.2 Å². The molecule has 0 radical (unpaired) electrons. The minimum Gasteiger partial charge on any atom is -0.374 e. The summed E-state index contributed by atoms with van der Waals surface area (Å²) in [7, 11) is 0. The Balaban J connectivity index is 1.77. The molecule has 2 unspecified atom stereocenters. The number of thioether (sulfide) groups is 1. The van der Waals surface area contributed by atoms with Gasteiger partial charge in [0.25, 0.3) is 0 Å². The molecule has 0 saturated carbocycles. The normalized spacial score (nSPS) is 20.5. The van der Waals surface area contributed by atoms with Crippen molar-refractivity contribution in [2.75, 3.05) is 12.4 Å². The second-order valence-electron chi connectivity index (χ2n) is 7.31. The summed E-state index contributed by atoms with van der Waals surface area (Å²) in [6, 6.07) is 9.47. The van der Waals surface area contributed by atoms with E-state index in [1.54, 1.807) is 23.9 Å². The first-order valence-corrected chi connectivity index (χ1v) is 11.3. The number of rotatable bonds is 12. The van der Waals surface area contributed by atoms with Gasteiger partial charge >= 0.3 is 0 Å². The van der Waals surface area contributed by atoms with Crippen LogP contribution in [0.3, 0.4) is 0 Å². The predicted molar refractivity (Wildman–Crippen MR) is 118 cm³/mol. The Morgan fingerprint density at radius 3 is 2.67 bits per heavy atom. The quantitative estimate of drug-likeness (QED) is 0.226. The molecule has 0 amide bonds. The first kappa shape index (κ1) is 24.1. The third-order valence-corrected chi connectivity index (χ3v) is 5.99. The molecule has 0 bridgehead atoms. The first-order valence-electron chi connectivity index (χ1n) is 10.3. The molecule has 1 aliphatic carbocycles. The van der Waals surface area contributed by atoms with Crippen molar-refractivity contribution in [2.24, 2.45) is 0 Å². The average Bonchev–Trinajstić information content (AvgIpc) is 2.73. The van der Waals surface area contributed by atoms with Crippen molar-refractivity contribution in [3.05, 3.63) is 53.6 Å². The summed E-state index contributed by atoms with van der Waals surface area (Å²) >= 11 is 1.70. The van der Waals surface area contributed by atoms with Crippen LogP contribution < -0.4 is 0 Å². The smallest absolute Gasteiger partial charge is 0.169 e. The van der Waals surface area contributed by atoms with Crippen molar-refractivity contribution in [3.63, 3.8) is 0 Å². The molecule has 0 heterocycles. The van der Waals surface area contributed by atoms with Gasteiger partial charge in [-0.15, -0.1) is 11.8 Å². The first-order chi connectivity index (χ1) is 14.4. The van der Waals surface area contributed by atoms with Crippen LogP contribution in [0, 0.1) is 11.3 Å². The van der Waals surface area contributed by atoms with Crippen molar-refractivity contribution in [1.29, 1.82) is 5.26 Å². The fraction of sp³-hybridized carbons (Fsp3) is 0.458. The number of Topliss-reactive ketones (excluding diaryl/α,β-unsaturated/α-hetero) is 2. The summed E-state index contributed by atoms with van der Waals surface area (Å²) in [4.78, 5) is 24.7. The van der Waals surface area contributed by atoms with Gasteiger partial charge in [0, 0.05) is 35.7 Å². The summed E-state index contributed by atoms with van der Waals surface area (Å²) in [6.07, 6.45) is 7.79. The zero-order valence-corrected chi connectivity index (χ0v) is 18.4. The van der Waals surface area contributed by atoms with Gasteiger partial charge in [-0.2, -0.15) is 5.26 Å². The lowest BCUT2D eigenvalue weighted by Gasteiger charge is -2.28. The Bertz CT molecular complexity index is 838. The van der Waals surface area contributed by atoms with Gasteiger partial charge in [0.1, 0.15) is 0 Å². The van der Waals surface area contributed by atoms with Crippen molar-refractivity contribution >= 4 is 23.3 Å². The number of ketones is 2. The van der Waals surface area contributed by atoms with Gasteiger partial charge in [-0.25, -0.2) is 0 Å². The van der Waals surface area contributed by atoms with E-state index in [0.29, 0.717) is 12.2 Å². The molecule has 6 heteroatoms. The van der Waals surface area contributed by atoms with Crippen molar-refractivity contribution < 1.29 is 19.4 Å². The fourth-order valence-electron chi connectivity index (χ4n) is 3.17. The van der Waals surface area contributed by atoms with E-state index in [9.17, 15) is 14.7 Å². The van der Waals surface area contributed by atoms with Crippen molar-refractivity contribution in [3.8, 4) is 6.07 Å². The number of hydrogen-bond acceptors (Lipinski definition) is 6. The number of benzene rings is 1. The van der Waals surface area contributed by atoms with Crippen LogP contribution in [0.5, 0.6) is 0 Å². The van der Waals surface area contributed by atoms with Gasteiger partial charge in [0.2, 0.25) is 0 Å². The molecule has 0 fully saturated rings. The largest absolute Gasteiger partial charge is 0.374 e. The van der Waals surface area contributed by atoms with E-state index in [0.717, 1.165) is 35.5 Å². The lowest BCUT2D eigenvalue weighted by molar-refractivity contribution is -0.127. The van der Waals surface area contributed by atoms with E-state index in [2.05, 4.69) is 6.92 Å². The Hall–Kier alpha value is -2.20. The Kier molecular flexibility index (Phi) is 9.51. The van der Waals surface area contributed by atoms with Crippen LogP contribution in [-0.2, 0) is 9.53 Å². The Labute approximate surface area is 182 Å². The van der Waals surface area contributed by atoms with Crippen molar-refractivity contribution in [1.82, 2.24) is 0 Å². The number of hydrogen-bond donors (Lipinski definition) is 1. The molecule has 1 aromatic carbocycles. The van der Waals surface area contributed by atoms with E-state index < -0.39 is 5.60 Å². The summed E-state index contributed by atoms with van der Waals surface area (Å²) < 4.78 is 5.99. The number of ether oxygens (including phenoxy) is 1. The highest BCUT2D eigenvalue weighted by Gasteiger charge is 2.32. The predicted octanol–water partition coefficient (Wildman–Crippen LogP) is 4.66. The highest BCUT2D eigenvalue weighted by Crippen LogP contribution is 2.27. The number of nitriles is 1. The monoisotopic (exact) mass is 427 g/mol. The molecule has 1 N–H and O–H groups in total. The molecule has 0 spiro atoms. The lowest BCUT2D eigenvalue weighted by Crippen LogP contribution is -2.36. The molecule has 5 nitrogen and oxygen atoms in total. The third-order valence-electron chi connectivity index (χ3n) is 4.89. The van der Waals surface area contributed by atoms with E-state index in [1.165, 1.54) is 13.0 Å². The van der Waals surface area contributed by atoms with Crippen LogP contribution in [0.1, 0.15) is 56.3 Å². The minimum atomic E-state index is -1.51. The SMILES string of the molecule is CCCC1=CC(O)(C(C)=O)C=CC1OCCCSc1ccc(C(=O)CCC#N)cc1. The number of carbonyl (C=O) groups excluding carboxylic acids is 2. The van der Waals surface area contributed by atoms with Crippen LogP contribution in [-0.4, -0.2) is 40.7 Å². The number of nitrogens with zero attached hydrogens (tertiary/aromatic N) is 1. The Morgan fingerprint density at radius 1 is 1.30 bits per heavy atom. The molecule has 0 aliphatic heterocycles. The molecule has 0 saturated heterocycles. The van der Waals surface area contributed by atoms with E-state index in [1.807, 2.05) is 30.3 Å². The zero-order chi connectivity index (χ0) is 22.0. The van der Waals surface area contributed by atoms with Gasteiger partial charge in [-0.05, 0) is 49.6 Å². The van der Waals surface area contributed by atoms with Gasteiger partial charge in [-0.1, -0.05) is 31.6 Å². The molecule has 0 aromatic heterocycles. The number of carbonyl (C=O) groups is 2. The molecule has 160 valence electrons. The van der Waals surface area contributed by atoms with Gasteiger partial charge < -0.3 is 9.84 Å². The zero-order valence-electron chi connectivity index (χ0n) is 17.6. The average molecular weight is 428 g/mol. The molecule has 1 aromatic rings. The van der Waals surface area contributed by atoms with Crippen LogP contribution in [0.4, 0.5) is 0 Å². The van der Waals surface area contributed by atoms with E-state index in [-0.39, 0.29) is 30.5 Å². The molecule has 2 atom stereocenters. The summed E-state index contributed by atoms with van der Waals surface area (Å²) in [5, 5.41) is 19.0. The van der Waals surface area contributed by atoms with Gasteiger partial charge in [-0.3, -0.25) is 9.59 Å². The number of aliphatic hydroxyl groups is 1. The highest BCUT2D eigenvalue weighted by molar-refractivity contribution is 7.99. The maximum atomic E-state index is 11.9. The Morgan fingerprint density at radius 2 is 2.03 bits per heavy atom. The van der Waals surface area contributed by atoms with Crippen LogP contribution >= 0.6 is 11.8 Å². The standard InChI is InChI=1S/C24H29NO4S/c1-3-6-20-17-24(28,18(2)26)13-12-23(20)29-15-5-16-30-21-10-8-19(9-11-21)22(27)7-4-14-25/h8-13,17,23,28H,3-7,15-16H2,1-2H3. The van der Waals surface area contributed by atoms with Gasteiger partial charge in [0.15, 0.2) is 17.2 Å². The summed E-state index contributed by atoms with van der Waals surface area (Å²) in [5.41, 5.74) is 0.0762. The molecule has 1 aliphatic rings. The maximum absolute atomic E-state index is 11.9. The van der Waals surface area contributed by atoms with Crippen LogP contribution in [0.2, 0.25) is 0 Å². The second-order valence-corrected chi connectivity index (χ2v) is 8.48. The minimum absolute atomic E-state index is 0.00496. The maximum Gasteiger partial charge on any atom is 0.169 e. The fourth-order valence-corrected chi connectivity index (χ4v) is 3.99. The third kappa shape index (κ3) is 6.94. The van der Waals surface area contributed by atoms with Crippen molar-refractivity contribution in [2.45, 2.75) is 62.6 Å². The second kappa shape index (κ2) is 11.8. The molecular formula is C24H29NO4S. The van der Waals surface area contributed by atoms with Crippen LogP contribution in [0.15, 0.2) is 53.0 Å².